The van der Waals surface area contributed by atoms with Crippen molar-refractivity contribution in [2.24, 2.45) is 5.92 Å². The Morgan fingerprint density at radius 1 is 0.806 bits per heavy atom. The van der Waals surface area contributed by atoms with Crippen LogP contribution in [-0.4, -0.2) is 5.91 Å². The number of allylic oxidation sites excluding steroid dienone is 2. The van der Waals surface area contributed by atoms with Gasteiger partial charge in [0.2, 0.25) is 0 Å². The van der Waals surface area contributed by atoms with Crippen LogP contribution < -0.4 is 16.0 Å². The van der Waals surface area contributed by atoms with Crippen LogP contribution in [0.3, 0.4) is 0 Å². The standard InChI is InChI=1S/C31H26FN3O/c32-21-14-12-20(13-15-21)29-26-9-4-8-25(26)27-10-5-11-28(30(27)35-29)31(36)34-24-18-16-23(17-19-24)33-22-6-2-1-3-7-22/h1-8,10-19,25-26,29,33,35H,9H2,(H,34,36). The summed E-state index contributed by atoms with van der Waals surface area (Å²) < 4.78 is 13.6. The van der Waals surface area contributed by atoms with Crippen molar-refractivity contribution in [3.8, 4) is 0 Å². The molecule has 3 unspecified atom stereocenters. The molecule has 3 N–H and O–H groups in total. The summed E-state index contributed by atoms with van der Waals surface area (Å²) in [7, 11) is 0. The first kappa shape index (κ1) is 22.1. The molecule has 178 valence electrons. The van der Waals surface area contributed by atoms with Gasteiger partial charge in [-0.3, -0.25) is 4.79 Å². The zero-order valence-corrected chi connectivity index (χ0v) is 19.6. The van der Waals surface area contributed by atoms with E-state index >= 15 is 0 Å². The molecule has 1 heterocycles. The first-order valence-corrected chi connectivity index (χ1v) is 12.2. The number of amides is 1. The van der Waals surface area contributed by atoms with Gasteiger partial charge in [0.05, 0.1) is 17.3 Å². The Labute approximate surface area is 209 Å². The number of carbonyl (C=O) groups excluding carboxylic acids is 1. The maximum absolute atomic E-state index is 13.6. The highest BCUT2D eigenvalue weighted by atomic mass is 19.1. The highest BCUT2D eigenvalue weighted by Gasteiger charge is 2.39. The SMILES string of the molecule is O=C(Nc1ccc(Nc2ccccc2)cc1)c1cccc2c1NC(c1ccc(F)cc1)C1CC=CC21. The van der Waals surface area contributed by atoms with Gasteiger partial charge in [-0.15, -0.1) is 0 Å². The van der Waals surface area contributed by atoms with E-state index in [-0.39, 0.29) is 23.7 Å². The number of para-hydroxylation sites is 2. The summed E-state index contributed by atoms with van der Waals surface area (Å²) in [6, 6.07) is 30.2. The lowest BCUT2D eigenvalue weighted by atomic mass is 9.76. The Balaban J connectivity index is 1.25. The smallest absolute Gasteiger partial charge is 0.257 e. The number of benzene rings is 4. The molecule has 1 aliphatic heterocycles. The summed E-state index contributed by atoms with van der Waals surface area (Å²) in [6.07, 6.45) is 5.39. The molecule has 36 heavy (non-hydrogen) atoms. The van der Waals surface area contributed by atoms with E-state index in [4.69, 9.17) is 0 Å². The largest absolute Gasteiger partial charge is 0.377 e. The molecule has 6 rings (SSSR count). The minimum atomic E-state index is -0.249. The molecule has 4 nitrogen and oxygen atoms in total. The number of rotatable bonds is 5. The number of carbonyl (C=O) groups is 1. The highest BCUT2D eigenvalue weighted by molar-refractivity contribution is 6.08. The van der Waals surface area contributed by atoms with Crippen LogP contribution in [0.5, 0.6) is 0 Å². The first-order valence-electron chi connectivity index (χ1n) is 12.2. The molecule has 0 bridgehead atoms. The number of anilines is 4. The van der Waals surface area contributed by atoms with E-state index in [1.54, 1.807) is 0 Å². The molecule has 5 heteroatoms. The van der Waals surface area contributed by atoms with Gasteiger partial charge in [-0.25, -0.2) is 4.39 Å². The lowest BCUT2D eigenvalue weighted by molar-refractivity contribution is 0.102. The van der Waals surface area contributed by atoms with E-state index in [1.165, 1.54) is 12.1 Å². The van der Waals surface area contributed by atoms with Crippen molar-refractivity contribution in [3.05, 3.63) is 132 Å². The fourth-order valence-electron chi connectivity index (χ4n) is 5.33. The van der Waals surface area contributed by atoms with Gasteiger partial charge in [-0.05, 0) is 78.1 Å². The molecule has 0 saturated heterocycles. The van der Waals surface area contributed by atoms with Gasteiger partial charge >= 0.3 is 0 Å². The Bertz CT molecular complexity index is 1410. The third-order valence-electron chi connectivity index (χ3n) is 7.08. The molecule has 4 aromatic carbocycles. The van der Waals surface area contributed by atoms with Crippen LogP contribution in [0.15, 0.2) is 109 Å². The van der Waals surface area contributed by atoms with Gasteiger partial charge in [0.15, 0.2) is 0 Å². The highest BCUT2D eigenvalue weighted by Crippen LogP contribution is 2.50. The van der Waals surface area contributed by atoms with Crippen molar-refractivity contribution in [1.82, 2.24) is 0 Å². The normalized spacial score (nSPS) is 19.6. The lowest BCUT2D eigenvalue weighted by Gasteiger charge is -2.38. The van der Waals surface area contributed by atoms with Crippen LogP contribution in [0, 0.1) is 11.7 Å². The number of fused-ring (bicyclic) bond motifs is 3. The number of nitrogens with one attached hydrogen (secondary N) is 3. The summed E-state index contributed by atoms with van der Waals surface area (Å²) in [5, 5.41) is 10.0. The molecule has 0 radical (unpaired) electrons. The van der Waals surface area contributed by atoms with Gasteiger partial charge in [-0.2, -0.15) is 0 Å². The average Bonchev–Trinajstić information content (AvgIpc) is 3.41. The van der Waals surface area contributed by atoms with Crippen LogP contribution in [0.2, 0.25) is 0 Å². The third kappa shape index (κ3) is 4.24. The summed E-state index contributed by atoms with van der Waals surface area (Å²) >= 11 is 0. The van der Waals surface area contributed by atoms with E-state index in [1.807, 2.05) is 78.9 Å². The van der Waals surface area contributed by atoms with Gasteiger partial charge < -0.3 is 16.0 Å². The van der Waals surface area contributed by atoms with Crippen molar-refractivity contribution in [2.45, 2.75) is 18.4 Å². The Hall–Kier alpha value is -4.38. The zero-order valence-electron chi connectivity index (χ0n) is 19.6. The molecule has 2 aliphatic rings. The lowest BCUT2D eigenvalue weighted by Crippen LogP contribution is -2.30. The first-order chi connectivity index (χ1) is 17.7. The second-order valence-corrected chi connectivity index (χ2v) is 9.32. The summed E-state index contributed by atoms with van der Waals surface area (Å²) in [4.78, 5) is 13.4. The zero-order chi connectivity index (χ0) is 24.5. The van der Waals surface area contributed by atoms with Crippen LogP contribution in [0.25, 0.3) is 0 Å². The maximum atomic E-state index is 13.6. The van der Waals surface area contributed by atoms with Gasteiger partial charge in [0.1, 0.15) is 5.82 Å². The summed E-state index contributed by atoms with van der Waals surface area (Å²) in [5.41, 5.74) is 6.27. The molecular formula is C31H26FN3O. The molecular weight excluding hydrogens is 449 g/mol. The van der Waals surface area contributed by atoms with E-state index in [0.29, 0.717) is 11.5 Å². The van der Waals surface area contributed by atoms with Crippen LogP contribution >= 0.6 is 0 Å². The molecule has 0 saturated carbocycles. The Kier molecular flexibility index (Phi) is 5.74. The van der Waals surface area contributed by atoms with E-state index in [0.717, 1.165) is 40.3 Å². The minimum absolute atomic E-state index is 0.00426. The van der Waals surface area contributed by atoms with Crippen LogP contribution in [-0.2, 0) is 0 Å². The number of hydrogen-bond acceptors (Lipinski definition) is 3. The second-order valence-electron chi connectivity index (χ2n) is 9.32. The molecule has 4 aromatic rings. The molecule has 0 fully saturated rings. The van der Waals surface area contributed by atoms with Crippen molar-refractivity contribution < 1.29 is 9.18 Å². The maximum Gasteiger partial charge on any atom is 0.257 e. The Morgan fingerprint density at radius 2 is 1.53 bits per heavy atom. The van der Waals surface area contributed by atoms with Crippen molar-refractivity contribution in [2.75, 3.05) is 16.0 Å². The van der Waals surface area contributed by atoms with Gasteiger partial charge in [0, 0.05) is 23.0 Å². The van der Waals surface area contributed by atoms with E-state index in [2.05, 4.69) is 34.2 Å². The Morgan fingerprint density at radius 3 is 2.31 bits per heavy atom. The fourth-order valence-corrected chi connectivity index (χ4v) is 5.33. The average molecular weight is 476 g/mol. The van der Waals surface area contributed by atoms with Gasteiger partial charge in [0.25, 0.3) is 5.91 Å². The van der Waals surface area contributed by atoms with Crippen molar-refractivity contribution >= 4 is 28.7 Å². The number of halogens is 1. The third-order valence-corrected chi connectivity index (χ3v) is 7.08. The fraction of sp³-hybridized carbons (Fsp3) is 0.129. The van der Waals surface area contributed by atoms with Crippen LogP contribution in [0.4, 0.5) is 27.1 Å². The summed E-state index contributed by atoms with van der Waals surface area (Å²) in [6.45, 7) is 0. The number of hydrogen-bond donors (Lipinski definition) is 3. The monoisotopic (exact) mass is 475 g/mol. The molecule has 0 spiro atoms. The van der Waals surface area contributed by atoms with E-state index in [9.17, 15) is 9.18 Å². The predicted octanol–water partition coefficient (Wildman–Crippen LogP) is 7.65. The van der Waals surface area contributed by atoms with Gasteiger partial charge in [-0.1, -0.05) is 54.6 Å². The quantitative estimate of drug-likeness (QED) is 0.260. The van der Waals surface area contributed by atoms with Crippen molar-refractivity contribution in [1.29, 1.82) is 0 Å². The minimum Gasteiger partial charge on any atom is -0.377 e. The molecule has 1 aliphatic carbocycles. The second kappa shape index (κ2) is 9.34. The molecule has 1 amide bonds. The summed E-state index contributed by atoms with van der Waals surface area (Å²) in [5.74, 6) is 0.126. The predicted molar refractivity (Wildman–Crippen MR) is 143 cm³/mol. The molecule has 0 aromatic heterocycles. The topological polar surface area (TPSA) is 53.2 Å². The molecule has 3 atom stereocenters. The van der Waals surface area contributed by atoms with Crippen molar-refractivity contribution in [3.63, 3.8) is 0 Å². The van der Waals surface area contributed by atoms with Crippen LogP contribution in [0.1, 0.15) is 39.9 Å². The van der Waals surface area contributed by atoms with E-state index < -0.39 is 0 Å².